The molecule has 1 aromatic heterocycles. The lowest BCUT2D eigenvalue weighted by atomic mass is 9.95. The van der Waals surface area contributed by atoms with Crippen LogP contribution in [0.3, 0.4) is 0 Å². The molecule has 124 valence electrons. The van der Waals surface area contributed by atoms with Crippen LogP contribution < -0.4 is 5.32 Å². The highest BCUT2D eigenvalue weighted by Gasteiger charge is 2.15. The number of nitrogens with zero attached hydrogens (tertiary/aromatic N) is 2. The maximum atomic E-state index is 11.6. The molecule has 0 saturated carbocycles. The van der Waals surface area contributed by atoms with E-state index in [1.165, 1.54) is 22.3 Å². The number of hydrogen-bond donors (Lipinski definition) is 1. The molecule has 0 aliphatic carbocycles. The van der Waals surface area contributed by atoms with Crippen molar-refractivity contribution in [2.75, 3.05) is 5.32 Å². The van der Waals surface area contributed by atoms with Crippen LogP contribution in [0.25, 0.3) is 11.6 Å². The SMILES string of the molecule is O=C1CCc2cc(/C(=C\c3ccccc3)Cn3ccnc3)ccc2N1. The highest BCUT2D eigenvalue weighted by atomic mass is 16.1. The Labute approximate surface area is 146 Å². The fourth-order valence-corrected chi connectivity index (χ4v) is 3.13. The Hall–Kier alpha value is -3.14. The number of anilines is 1. The minimum atomic E-state index is 0.0960. The van der Waals surface area contributed by atoms with Crippen molar-refractivity contribution in [1.82, 2.24) is 9.55 Å². The van der Waals surface area contributed by atoms with E-state index in [4.69, 9.17) is 0 Å². The van der Waals surface area contributed by atoms with Gasteiger partial charge in [-0.3, -0.25) is 4.79 Å². The number of aryl methyl sites for hydroxylation is 1. The molecule has 0 bridgehead atoms. The summed E-state index contributed by atoms with van der Waals surface area (Å²) in [5, 5.41) is 2.95. The van der Waals surface area contributed by atoms with E-state index < -0.39 is 0 Å². The summed E-state index contributed by atoms with van der Waals surface area (Å²) in [6, 6.07) is 16.6. The van der Waals surface area contributed by atoms with E-state index in [0.717, 1.165) is 18.7 Å². The largest absolute Gasteiger partial charge is 0.333 e. The molecule has 2 heterocycles. The van der Waals surface area contributed by atoms with E-state index in [9.17, 15) is 4.79 Å². The first-order valence-electron chi connectivity index (χ1n) is 8.42. The zero-order valence-electron chi connectivity index (χ0n) is 13.9. The fourth-order valence-electron chi connectivity index (χ4n) is 3.13. The average molecular weight is 329 g/mol. The first-order valence-corrected chi connectivity index (χ1v) is 8.42. The molecule has 1 aliphatic heterocycles. The van der Waals surface area contributed by atoms with Gasteiger partial charge >= 0.3 is 0 Å². The highest BCUT2D eigenvalue weighted by Crippen LogP contribution is 2.28. The van der Waals surface area contributed by atoms with Crippen molar-refractivity contribution < 1.29 is 4.79 Å². The molecule has 4 nitrogen and oxygen atoms in total. The molecule has 1 aliphatic rings. The van der Waals surface area contributed by atoms with Gasteiger partial charge in [-0.15, -0.1) is 0 Å². The molecule has 0 fully saturated rings. The van der Waals surface area contributed by atoms with Crippen molar-refractivity contribution in [2.45, 2.75) is 19.4 Å². The van der Waals surface area contributed by atoms with Crippen LogP contribution in [-0.4, -0.2) is 15.5 Å². The third kappa shape index (κ3) is 3.53. The van der Waals surface area contributed by atoms with Crippen molar-refractivity contribution >= 4 is 23.2 Å². The Morgan fingerprint density at radius 1 is 1.16 bits per heavy atom. The Kier molecular flexibility index (Phi) is 4.17. The summed E-state index contributed by atoms with van der Waals surface area (Å²) in [7, 11) is 0. The van der Waals surface area contributed by atoms with E-state index in [2.05, 4.69) is 45.2 Å². The number of benzene rings is 2. The molecule has 0 atom stereocenters. The van der Waals surface area contributed by atoms with Gasteiger partial charge in [0.2, 0.25) is 5.91 Å². The molecule has 25 heavy (non-hydrogen) atoms. The molecule has 0 radical (unpaired) electrons. The average Bonchev–Trinajstić information content (AvgIpc) is 3.15. The summed E-state index contributed by atoms with van der Waals surface area (Å²) in [6.45, 7) is 0.750. The van der Waals surface area contributed by atoms with E-state index >= 15 is 0 Å². The smallest absolute Gasteiger partial charge is 0.224 e. The summed E-state index contributed by atoms with van der Waals surface area (Å²) in [6.07, 6.45) is 9.15. The number of allylic oxidation sites excluding steroid dienone is 1. The summed E-state index contributed by atoms with van der Waals surface area (Å²) in [4.78, 5) is 15.7. The van der Waals surface area contributed by atoms with Crippen molar-refractivity contribution in [3.8, 4) is 0 Å². The molecule has 0 spiro atoms. The quantitative estimate of drug-likeness (QED) is 0.735. The second-order valence-electron chi connectivity index (χ2n) is 6.24. The first kappa shape index (κ1) is 15.4. The maximum Gasteiger partial charge on any atom is 0.224 e. The van der Waals surface area contributed by atoms with Crippen LogP contribution in [0.15, 0.2) is 67.3 Å². The van der Waals surface area contributed by atoms with Gasteiger partial charge in [0.05, 0.1) is 6.33 Å². The van der Waals surface area contributed by atoms with E-state index in [1.54, 1.807) is 6.20 Å². The van der Waals surface area contributed by atoms with Gasteiger partial charge in [-0.05, 0) is 46.9 Å². The Morgan fingerprint density at radius 3 is 2.84 bits per heavy atom. The van der Waals surface area contributed by atoms with Crippen LogP contribution in [0, 0.1) is 0 Å². The number of carbonyl (C=O) groups excluding carboxylic acids is 1. The number of carbonyl (C=O) groups is 1. The van der Waals surface area contributed by atoms with Gasteiger partial charge in [-0.25, -0.2) is 4.98 Å². The number of nitrogens with one attached hydrogen (secondary N) is 1. The summed E-state index contributed by atoms with van der Waals surface area (Å²) < 4.78 is 2.07. The number of aromatic nitrogens is 2. The lowest BCUT2D eigenvalue weighted by Crippen LogP contribution is -2.19. The molecule has 3 aromatic rings. The summed E-state index contributed by atoms with van der Waals surface area (Å²) in [5.41, 5.74) is 5.68. The van der Waals surface area contributed by atoms with Gasteiger partial charge in [0, 0.05) is 31.0 Å². The van der Waals surface area contributed by atoms with E-state index in [1.807, 2.05) is 36.8 Å². The van der Waals surface area contributed by atoms with Crippen LogP contribution in [0.5, 0.6) is 0 Å². The van der Waals surface area contributed by atoms with Crippen LogP contribution in [0.2, 0.25) is 0 Å². The van der Waals surface area contributed by atoms with Crippen LogP contribution in [0.1, 0.15) is 23.1 Å². The predicted molar refractivity (Wildman–Crippen MR) is 99.9 cm³/mol. The van der Waals surface area contributed by atoms with Gasteiger partial charge in [0.1, 0.15) is 0 Å². The summed E-state index contributed by atoms with van der Waals surface area (Å²) >= 11 is 0. The van der Waals surface area contributed by atoms with Crippen molar-refractivity contribution in [3.05, 3.63) is 83.9 Å². The zero-order valence-corrected chi connectivity index (χ0v) is 13.9. The minimum Gasteiger partial charge on any atom is -0.333 e. The van der Waals surface area contributed by atoms with E-state index in [0.29, 0.717) is 6.42 Å². The predicted octanol–water partition coefficient (Wildman–Crippen LogP) is 4.01. The van der Waals surface area contributed by atoms with Crippen LogP contribution in [0.4, 0.5) is 5.69 Å². The lowest BCUT2D eigenvalue weighted by molar-refractivity contribution is -0.116. The topological polar surface area (TPSA) is 46.9 Å². The monoisotopic (exact) mass is 329 g/mol. The standard InChI is InChI=1S/C21H19N3O/c25-21-9-7-18-13-17(6-8-20(18)23-21)19(14-24-11-10-22-15-24)12-16-4-2-1-3-5-16/h1-6,8,10-13,15H,7,9,14H2,(H,23,25)/b19-12-. The van der Waals surface area contributed by atoms with Gasteiger partial charge in [-0.2, -0.15) is 0 Å². The molecule has 4 rings (SSSR count). The molecule has 1 N–H and O–H groups in total. The highest BCUT2D eigenvalue weighted by molar-refractivity contribution is 5.94. The fraction of sp³-hybridized carbons (Fsp3) is 0.143. The molecule has 4 heteroatoms. The molecular formula is C21H19N3O. The molecular weight excluding hydrogens is 310 g/mol. The molecule has 0 unspecified atom stereocenters. The summed E-state index contributed by atoms with van der Waals surface area (Å²) in [5.74, 6) is 0.0960. The number of rotatable bonds is 4. The minimum absolute atomic E-state index is 0.0960. The molecule has 2 aromatic carbocycles. The van der Waals surface area contributed by atoms with Gasteiger partial charge in [0.15, 0.2) is 0 Å². The number of imidazole rings is 1. The molecule has 0 saturated heterocycles. The van der Waals surface area contributed by atoms with Crippen molar-refractivity contribution in [2.24, 2.45) is 0 Å². The number of amides is 1. The maximum absolute atomic E-state index is 11.6. The van der Waals surface area contributed by atoms with Crippen LogP contribution >= 0.6 is 0 Å². The normalized spacial score (nSPS) is 14.1. The van der Waals surface area contributed by atoms with Crippen LogP contribution in [-0.2, 0) is 17.8 Å². The van der Waals surface area contributed by atoms with Crippen molar-refractivity contribution in [1.29, 1.82) is 0 Å². The Morgan fingerprint density at radius 2 is 2.04 bits per heavy atom. The number of hydrogen-bond acceptors (Lipinski definition) is 2. The third-order valence-electron chi connectivity index (χ3n) is 4.42. The number of fused-ring (bicyclic) bond motifs is 1. The first-order chi connectivity index (χ1) is 12.3. The van der Waals surface area contributed by atoms with Gasteiger partial charge < -0.3 is 9.88 Å². The third-order valence-corrected chi connectivity index (χ3v) is 4.42. The zero-order chi connectivity index (χ0) is 17.1. The van der Waals surface area contributed by atoms with E-state index in [-0.39, 0.29) is 5.91 Å². The lowest BCUT2D eigenvalue weighted by Gasteiger charge is -2.19. The second kappa shape index (κ2) is 6.77. The van der Waals surface area contributed by atoms with Gasteiger partial charge in [0.25, 0.3) is 0 Å². The van der Waals surface area contributed by atoms with Crippen molar-refractivity contribution in [3.63, 3.8) is 0 Å². The second-order valence-corrected chi connectivity index (χ2v) is 6.24. The Balaban J connectivity index is 1.73. The molecule has 1 amide bonds. The Bertz CT molecular complexity index is 912. The van der Waals surface area contributed by atoms with Gasteiger partial charge in [-0.1, -0.05) is 36.4 Å².